The summed E-state index contributed by atoms with van der Waals surface area (Å²) in [5.41, 5.74) is 3.75. The first-order valence-electron chi connectivity index (χ1n) is 11.5. The first-order valence-corrected chi connectivity index (χ1v) is 11.5. The van der Waals surface area contributed by atoms with Crippen molar-refractivity contribution in [2.75, 3.05) is 10.6 Å². The number of hydrogen-bond donors (Lipinski definition) is 2. The lowest BCUT2D eigenvalue weighted by molar-refractivity contribution is 0.102. The van der Waals surface area contributed by atoms with E-state index in [1.807, 2.05) is 44.2 Å². The van der Waals surface area contributed by atoms with Crippen LogP contribution in [0.15, 0.2) is 91.0 Å². The van der Waals surface area contributed by atoms with Gasteiger partial charge in [0.15, 0.2) is 11.6 Å². The molecule has 2 aromatic heterocycles. The highest BCUT2D eigenvalue weighted by Gasteiger charge is 2.09. The molecule has 37 heavy (non-hydrogen) atoms. The van der Waals surface area contributed by atoms with Gasteiger partial charge in [-0.15, -0.1) is 10.2 Å². The third-order valence-electron chi connectivity index (χ3n) is 5.44. The van der Waals surface area contributed by atoms with Crippen LogP contribution in [0.3, 0.4) is 0 Å². The molecule has 0 spiro atoms. The van der Waals surface area contributed by atoms with Gasteiger partial charge in [0.05, 0.1) is 5.69 Å². The first kappa shape index (κ1) is 23.7. The van der Waals surface area contributed by atoms with E-state index in [0.29, 0.717) is 34.4 Å². The normalized spacial score (nSPS) is 10.7. The summed E-state index contributed by atoms with van der Waals surface area (Å²) in [5, 5.41) is 19.0. The van der Waals surface area contributed by atoms with Gasteiger partial charge in [0, 0.05) is 22.6 Å². The Balaban J connectivity index is 1.20. The van der Waals surface area contributed by atoms with Crippen LogP contribution in [-0.4, -0.2) is 25.9 Å². The van der Waals surface area contributed by atoms with Gasteiger partial charge in [0.25, 0.3) is 5.91 Å². The van der Waals surface area contributed by atoms with Crippen LogP contribution in [0, 0.1) is 19.7 Å². The van der Waals surface area contributed by atoms with Crippen molar-refractivity contribution in [2.24, 2.45) is 0 Å². The van der Waals surface area contributed by atoms with Crippen molar-refractivity contribution in [3.8, 4) is 17.3 Å². The fraction of sp³-hybridized carbons (Fsp3) is 0.0714. The second kappa shape index (κ2) is 10.3. The van der Waals surface area contributed by atoms with Crippen LogP contribution in [0.5, 0.6) is 11.5 Å². The van der Waals surface area contributed by atoms with Gasteiger partial charge in [-0.1, -0.05) is 6.07 Å². The number of hydrogen-bond acceptors (Lipinski definition) is 6. The molecule has 2 N–H and O–H groups in total. The van der Waals surface area contributed by atoms with Crippen LogP contribution in [0.2, 0.25) is 0 Å². The molecule has 0 atom stereocenters. The van der Waals surface area contributed by atoms with Gasteiger partial charge in [0.2, 0.25) is 0 Å². The highest BCUT2D eigenvalue weighted by atomic mass is 19.1. The Hall–Kier alpha value is -5.05. The molecular weight excluding hydrogens is 471 g/mol. The van der Waals surface area contributed by atoms with Gasteiger partial charge < -0.3 is 15.4 Å². The zero-order valence-electron chi connectivity index (χ0n) is 20.1. The number of anilines is 3. The highest BCUT2D eigenvalue weighted by molar-refractivity contribution is 6.04. The number of benzene rings is 3. The molecule has 9 heteroatoms. The Morgan fingerprint density at radius 3 is 2.27 bits per heavy atom. The predicted molar refractivity (Wildman–Crippen MR) is 139 cm³/mol. The summed E-state index contributed by atoms with van der Waals surface area (Å²) >= 11 is 0. The molecule has 0 saturated carbocycles. The lowest BCUT2D eigenvalue weighted by atomic mass is 10.2. The van der Waals surface area contributed by atoms with Crippen LogP contribution >= 0.6 is 0 Å². The minimum atomic E-state index is -0.344. The van der Waals surface area contributed by atoms with Crippen LogP contribution in [-0.2, 0) is 0 Å². The monoisotopic (exact) mass is 494 g/mol. The molecule has 0 aliphatic heterocycles. The first-order chi connectivity index (χ1) is 17.9. The Bertz CT molecular complexity index is 1530. The van der Waals surface area contributed by atoms with Crippen molar-refractivity contribution in [2.45, 2.75) is 13.8 Å². The van der Waals surface area contributed by atoms with Crippen molar-refractivity contribution < 1.29 is 13.9 Å². The quantitative estimate of drug-likeness (QED) is 0.280. The molecule has 0 aliphatic rings. The van der Waals surface area contributed by atoms with Gasteiger partial charge in [-0.3, -0.25) is 4.79 Å². The number of halogens is 1. The van der Waals surface area contributed by atoms with E-state index in [-0.39, 0.29) is 11.7 Å². The molecule has 0 aliphatic carbocycles. The molecule has 0 bridgehead atoms. The summed E-state index contributed by atoms with van der Waals surface area (Å²) in [4.78, 5) is 12.8. The standard InChI is InChI=1S/C28H23FN6O2/c1-18-16-19(2)35(34-18)27-15-14-26(32-33-27)30-22-8-10-23(11-9-22)31-28(36)20-4-3-5-25(17-20)37-24-12-6-21(29)7-13-24/h3-17H,1-2H3,(H,30,32)(H,31,36). The van der Waals surface area contributed by atoms with Crippen molar-refractivity contribution in [3.63, 3.8) is 0 Å². The topological polar surface area (TPSA) is 94.0 Å². The number of carbonyl (C=O) groups excluding carboxylic acids is 1. The van der Waals surface area contributed by atoms with E-state index in [1.165, 1.54) is 24.3 Å². The van der Waals surface area contributed by atoms with E-state index in [9.17, 15) is 9.18 Å². The minimum absolute atomic E-state index is 0.282. The second-order valence-corrected chi connectivity index (χ2v) is 8.36. The summed E-state index contributed by atoms with van der Waals surface area (Å²) in [5.74, 6) is 1.55. The molecule has 0 radical (unpaired) electrons. The molecular formula is C28H23FN6O2. The SMILES string of the molecule is Cc1cc(C)n(-c2ccc(Nc3ccc(NC(=O)c4cccc(Oc5ccc(F)cc5)c4)cc3)nn2)n1. The number of rotatable bonds is 7. The molecule has 8 nitrogen and oxygen atoms in total. The van der Waals surface area contributed by atoms with E-state index in [4.69, 9.17) is 4.74 Å². The van der Waals surface area contributed by atoms with E-state index >= 15 is 0 Å². The largest absolute Gasteiger partial charge is 0.457 e. The fourth-order valence-corrected chi connectivity index (χ4v) is 3.69. The minimum Gasteiger partial charge on any atom is -0.457 e. The zero-order chi connectivity index (χ0) is 25.8. The maximum absolute atomic E-state index is 13.1. The molecule has 0 saturated heterocycles. The van der Waals surface area contributed by atoms with E-state index in [2.05, 4.69) is 25.9 Å². The average molecular weight is 495 g/mol. The summed E-state index contributed by atoms with van der Waals surface area (Å²) in [6.07, 6.45) is 0. The molecule has 184 valence electrons. The number of aromatic nitrogens is 4. The number of nitrogens with one attached hydrogen (secondary N) is 2. The third-order valence-corrected chi connectivity index (χ3v) is 5.44. The molecule has 2 heterocycles. The van der Waals surface area contributed by atoms with Crippen LogP contribution < -0.4 is 15.4 Å². The van der Waals surface area contributed by atoms with Crippen molar-refractivity contribution >= 4 is 23.1 Å². The van der Waals surface area contributed by atoms with E-state index in [1.54, 1.807) is 41.1 Å². The Morgan fingerprint density at radius 1 is 0.838 bits per heavy atom. The zero-order valence-corrected chi connectivity index (χ0v) is 20.1. The van der Waals surface area contributed by atoms with Gasteiger partial charge in [-0.25, -0.2) is 9.07 Å². The smallest absolute Gasteiger partial charge is 0.255 e. The summed E-state index contributed by atoms with van der Waals surface area (Å²) in [6, 6.07) is 25.4. The molecule has 5 rings (SSSR count). The maximum Gasteiger partial charge on any atom is 0.255 e. The number of nitrogens with zero attached hydrogens (tertiary/aromatic N) is 4. The Morgan fingerprint density at radius 2 is 1.59 bits per heavy atom. The summed E-state index contributed by atoms with van der Waals surface area (Å²) < 4.78 is 20.6. The molecule has 3 aromatic carbocycles. The number of carbonyl (C=O) groups is 1. The molecule has 1 amide bonds. The van der Waals surface area contributed by atoms with Crippen LogP contribution in [0.25, 0.3) is 5.82 Å². The number of ether oxygens (including phenoxy) is 1. The van der Waals surface area contributed by atoms with Gasteiger partial charge >= 0.3 is 0 Å². The Kier molecular flexibility index (Phi) is 6.58. The summed E-state index contributed by atoms with van der Waals surface area (Å²) in [7, 11) is 0. The molecule has 0 unspecified atom stereocenters. The van der Waals surface area contributed by atoms with Gasteiger partial charge in [0.1, 0.15) is 17.3 Å². The van der Waals surface area contributed by atoms with Crippen LogP contribution in [0.4, 0.5) is 21.6 Å². The lowest BCUT2D eigenvalue weighted by Gasteiger charge is -2.10. The van der Waals surface area contributed by atoms with Crippen molar-refractivity contribution in [3.05, 3.63) is 114 Å². The third kappa shape index (κ3) is 5.79. The second-order valence-electron chi connectivity index (χ2n) is 8.36. The lowest BCUT2D eigenvalue weighted by Crippen LogP contribution is -2.11. The number of amides is 1. The van der Waals surface area contributed by atoms with Crippen LogP contribution in [0.1, 0.15) is 21.7 Å². The average Bonchev–Trinajstić information content (AvgIpc) is 3.25. The number of aryl methyl sites for hydroxylation is 2. The van der Waals surface area contributed by atoms with Gasteiger partial charge in [-0.05, 0) is 98.8 Å². The fourth-order valence-electron chi connectivity index (χ4n) is 3.69. The summed E-state index contributed by atoms with van der Waals surface area (Å²) in [6.45, 7) is 3.90. The van der Waals surface area contributed by atoms with Crippen molar-refractivity contribution in [1.29, 1.82) is 0 Å². The van der Waals surface area contributed by atoms with Gasteiger partial charge in [-0.2, -0.15) is 5.10 Å². The molecule has 0 fully saturated rings. The predicted octanol–water partition coefficient (Wildman–Crippen LogP) is 6.21. The Labute approximate surface area is 212 Å². The van der Waals surface area contributed by atoms with E-state index < -0.39 is 0 Å². The highest BCUT2D eigenvalue weighted by Crippen LogP contribution is 2.24. The molecule has 5 aromatic rings. The maximum atomic E-state index is 13.1. The van der Waals surface area contributed by atoms with E-state index in [0.717, 1.165) is 17.1 Å². The van der Waals surface area contributed by atoms with Crippen molar-refractivity contribution in [1.82, 2.24) is 20.0 Å².